The smallest absolute Gasteiger partial charge is 0.299 e. The number of nitrogens with zero attached hydrogens (tertiary/aromatic N) is 2. The molecule has 4 nitrogen and oxygen atoms in total. The van der Waals surface area contributed by atoms with Crippen LogP contribution in [0.15, 0.2) is 54.6 Å². The number of fused-ring (bicyclic) bond motifs is 1. The highest BCUT2D eigenvalue weighted by atomic mass is 16.2. The summed E-state index contributed by atoms with van der Waals surface area (Å²) in [5.74, 6) is 3.72. The van der Waals surface area contributed by atoms with Gasteiger partial charge in [-0.2, -0.15) is 0 Å². The molecule has 0 saturated heterocycles. The van der Waals surface area contributed by atoms with E-state index < -0.39 is 0 Å². The number of allylic oxidation sites excluding steroid dienone is 1. The van der Waals surface area contributed by atoms with Crippen molar-refractivity contribution in [1.82, 2.24) is 9.80 Å². The van der Waals surface area contributed by atoms with Crippen LogP contribution in [0.5, 0.6) is 0 Å². The molecule has 0 spiro atoms. The summed E-state index contributed by atoms with van der Waals surface area (Å²) >= 11 is 0. The van der Waals surface area contributed by atoms with E-state index in [4.69, 9.17) is 6.42 Å². The number of unbranched alkanes of at least 4 members (excludes halogenated alkanes) is 1. The quantitative estimate of drug-likeness (QED) is 0.263. The molecular formula is C35H47N3O. The molecule has 0 radical (unpaired) electrons. The van der Waals surface area contributed by atoms with Crippen molar-refractivity contribution >= 4 is 11.6 Å². The van der Waals surface area contributed by atoms with Crippen molar-refractivity contribution in [2.45, 2.75) is 83.8 Å². The summed E-state index contributed by atoms with van der Waals surface area (Å²) in [6.07, 6.45) is 14.5. The van der Waals surface area contributed by atoms with E-state index >= 15 is 0 Å². The molecule has 4 rings (SSSR count). The molecule has 1 saturated carbocycles. The van der Waals surface area contributed by atoms with E-state index in [1.807, 2.05) is 4.90 Å². The molecule has 0 aromatic heterocycles. The monoisotopic (exact) mass is 525 g/mol. The molecule has 208 valence electrons. The zero-order valence-electron chi connectivity index (χ0n) is 24.5. The first-order chi connectivity index (χ1) is 18.8. The van der Waals surface area contributed by atoms with Crippen molar-refractivity contribution in [2.75, 3.05) is 26.0 Å². The van der Waals surface area contributed by atoms with Crippen LogP contribution >= 0.6 is 0 Å². The topological polar surface area (TPSA) is 35.6 Å². The molecule has 2 unspecified atom stereocenters. The fraction of sp³-hybridized carbons (Fsp3) is 0.514. The molecule has 2 aliphatic rings. The van der Waals surface area contributed by atoms with Crippen molar-refractivity contribution in [1.29, 1.82) is 0 Å². The maximum Gasteiger partial charge on any atom is 0.299 e. The van der Waals surface area contributed by atoms with Gasteiger partial charge in [0.15, 0.2) is 0 Å². The summed E-state index contributed by atoms with van der Waals surface area (Å²) < 4.78 is 0. The van der Waals surface area contributed by atoms with Gasteiger partial charge in [-0.3, -0.25) is 4.79 Å². The largest absolute Gasteiger partial charge is 0.385 e. The van der Waals surface area contributed by atoms with Crippen molar-refractivity contribution in [3.05, 3.63) is 76.9 Å². The average Bonchev–Trinajstić information content (AvgIpc) is 2.90. The highest BCUT2D eigenvalue weighted by Gasteiger charge is 2.37. The molecule has 4 heteroatoms. The van der Waals surface area contributed by atoms with Crippen molar-refractivity contribution in [2.24, 2.45) is 11.8 Å². The fourth-order valence-corrected chi connectivity index (χ4v) is 6.80. The standard InChI is InChI=1S/C35H47N3O/c1-7-9-10-32-23-30-22-28(24-37(5)6)11-16-33(30)35(38(32)34(39)8-2)29-12-14-31(15-13-29)36-18-17-27-20-25(3)19-26(4)21-27/h2,11-16,22,26-27,32,35-36H,3,7,9-10,17-21,23-24H2,1,4-6H3/t26?,27?,32-,35-/m0/s1. The fourth-order valence-electron chi connectivity index (χ4n) is 6.80. The number of rotatable bonds is 10. The van der Waals surface area contributed by atoms with E-state index in [9.17, 15) is 4.79 Å². The number of hydrogen-bond acceptors (Lipinski definition) is 3. The summed E-state index contributed by atoms with van der Waals surface area (Å²) in [4.78, 5) is 17.4. The maximum absolute atomic E-state index is 13.2. The molecule has 39 heavy (non-hydrogen) atoms. The minimum absolute atomic E-state index is 0.103. The molecule has 1 aliphatic heterocycles. The van der Waals surface area contributed by atoms with Gasteiger partial charge < -0.3 is 15.1 Å². The third-order valence-electron chi connectivity index (χ3n) is 8.44. The van der Waals surface area contributed by atoms with Crippen LogP contribution in [0.1, 0.15) is 87.1 Å². The lowest BCUT2D eigenvalue weighted by molar-refractivity contribution is -0.130. The van der Waals surface area contributed by atoms with Crippen LogP contribution in [0, 0.1) is 24.2 Å². The Morgan fingerprint density at radius 3 is 2.56 bits per heavy atom. The Bertz CT molecular complexity index is 1180. The summed E-state index contributed by atoms with van der Waals surface area (Å²) in [7, 11) is 4.20. The van der Waals surface area contributed by atoms with Crippen molar-refractivity contribution in [3.63, 3.8) is 0 Å². The predicted molar refractivity (Wildman–Crippen MR) is 164 cm³/mol. The summed E-state index contributed by atoms with van der Waals surface area (Å²) in [6, 6.07) is 15.4. The lowest BCUT2D eigenvalue weighted by Gasteiger charge is -2.43. The van der Waals surface area contributed by atoms with Crippen molar-refractivity contribution < 1.29 is 4.79 Å². The molecule has 2 aromatic rings. The highest BCUT2D eigenvalue weighted by Crippen LogP contribution is 2.40. The third-order valence-corrected chi connectivity index (χ3v) is 8.44. The highest BCUT2D eigenvalue weighted by molar-refractivity contribution is 5.94. The molecule has 1 aliphatic carbocycles. The number of anilines is 1. The van der Waals surface area contributed by atoms with Crippen LogP contribution in [0.4, 0.5) is 5.69 Å². The Morgan fingerprint density at radius 2 is 1.90 bits per heavy atom. The van der Waals surface area contributed by atoms with Crippen molar-refractivity contribution in [3.8, 4) is 12.3 Å². The summed E-state index contributed by atoms with van der Waals surface area (Å²) in [5, 5.41) is 3.63. The van der Waals surface area contributed by atoms with Gasteiger partial charge in [0, 0.05) is 24.8 Å². The molecule has 1 amide bonds. The number of nitrogens with one attached hydrogen (secondary N) is 1. The van der Waals surface area contributed by atoms with E-state index in [2.05, 4.69) is 93.1 Å². The Hall–Kier alpha value is -3.03. The van der Waals surface area contributed by atoms with Crippen LogP contribution in [0.3, 0.4) is 0 Å². The number of benzene rings is 2. The van der Waals surface area contributed by atoms with Crippen LogP contribution < -0.4 is 5.32 Å². The second kappa shape index (κ2) is 13.4. The SMILES string of the molecule is C#CC(=O)N1[C@@H](CCCC)Cc2cc(CN(C)C)ccc2[C@@H]1c1ccc(NCCC2CC(=C)CC(C)C2)cc1. The Labute approximate surface area is 236 Å². The first kappa shape index (κ1) is 29.0. The maximum atomic E-state index is 13.2. The second-order valence-corrected chi connectivity index (χ2v) is 12.2. The van der Waals surface area contributed by atoms with E-state index in [-0.39, 0.29) is 18.0 Å². The van der Waals surface area contributed by atoms with Gasteiger partial charge in [0.1, 0.15) is 0 Å². The Morgan fingerprint density at radius 1 is 1.13 bits per heavy atom. The zero-order valence-corrected chi connectivity index (χ0v) is 24.5. The van der Waals surface area contributed by atoms with Crippen LogP contribution in [0.2, 0.25) is 0 Å². The minimum atomic E-state index is -0.213. The number of carbonyl (C=O) groups excluding carboxylic acids is 1. The Balaban J connectivity index is 1.57. The lowest BCUT2D eigenvalue weighted by atomic mass is 9.78. The summed E-state index contributed by atoms with van der Waals surface area (Å²) in [6.45, 7) is 10.7. The third kappa shape index (κ3) is 7.34. The first-order valence-electron chi connectivity index (χ1n) is 14.8. The number of terminal acetylenes is 1. The number of amides is 1. The van der Waals surface area contributed by atoms with E-state index in [1.54, 1.807) is 0 Å². The lowest BCUT2D eigenvalue weighted by Crippen LogP contribution is -2.47. The molecule has 0 bridgehead atoms. The molecule has 2 aromatic carbocycles. The molecule has 1 N–H and O–H groups in total. The van der Waals surface area contributed by atoms with Crippen LogP contribution in [-0.4, -0.2) is 42.4 Å². The van der Waals surface area contributed by atoms with Crippen LogP contribution in [0.25, 0.3) is 0 Å². The summed E-state index contributed by atoms with van der Waals surface area (Å²) in [5.41, 5.74) is 7.49. The van der Waals surface area contributed by atoms with Crippen LogP contribution in [-0.2, 0) is 17.8 Å². The second-order valence-electron chi connectivity index (χ2n) is 12.2. The number of hydrogen-bond donors (Lipinski definition) is 1. The van der Waals surface area contributed by atoms with Gasteiger partial charge in [0.25, 0.3) is 5.91 Å². The zero-order chi connectivity index (χ0) is 27.9. The number of carbonyl (C=O) groups is 1. The molecule has 1 heterocycles. The Kier molecular flexibility index (Phi) is 9.92. The van der Waals surface area contributed by atoms with Gasteiger partial charge in [0.05, 0.1) is 6.04 Å². The molecule has 1 fully saturated rings. The van der Waals surface area contributed by atoms with Gasteiger partial charge in [0.2, 0.25) is 0 Å². The normalized spacial score (nSPS) is 22.9. The van der Waals surface area contributed by atoms with E-state index in [0.717, 1.165) is 61.9 Å². The van der Waals surface area contributed by atoms with Gasteiger partial charge in [-0.15, -0.1) is 6.42 Å². The minimum Gasteiger partial charge on any atom is -0.385 e. The molecule has 4 atom stereocenters. The first-order valence-corrected chi connectivity index (χ1v) is 14.8. The average molecular weight is 526 g/mol. The molecular weight excluding hydrogens is 478 g/mol. The van der Waals surface area contributed by atoms with Gasteiger partial charge in [-0.05, 0) is 105 Å². The van der Waals surface area contributed by atoms with Gasteiger partial charge in [-0.1, -0.05) is 69.2 Å². The van der Waals surface area contributed by atoms with E-state index in [1.165, 1.54) is 47.9 Å². The van der Waals surface area contributed by atoms with Gasteiger partial charge in [-0.25, -0.2) is 0 Å². The van der Waals surface area contributed by atoms with Gasteiger partial charge >= 0.3 is 0 Å². The predicted octanol–water partition coefficient (Wildman–Crippen LogP) is 7.21. The van der Waals surface area contributed by atoms with E-state index in [0.29, 0.717) is 0 Å².